The Morgan fingerprint density at radius 2 is 1.88 bits per heavy atom. The molecule has 1 rings (SSSR count). The number of alkyl halides is 1. The molecule has 0 saturated heterocycles. The Labute approximate surface area is 105 Å². The van der Waals surface area contributed by atoms with Crippen molar-refractivity contribution >= 4 is 21.8 Å². The number of nitrogens with two attached hydrogens (primary N) is 1. The molecule has 16 heavy (non-hydrogen) atoms. The molecule has 0 spiro atoms. The maximum atomic E-state index is 10.9. The molecule has 88 valence electrons. The average molecular weight is 284 g/mol. The van der Waals surface area contributed by atoms with Crippen molar-refractivity contribution in [1.82, 2.24) is 0 Å². The van der Waals surface area contributed by atoms with Crippen molar-refractivity contribution in [2.24, 2.45) is 5.73 Å². The summed E-state index contributed by atoms with van der Waals surface area (Å²) in [6.07, 6.45) is 4.22. The van der Waals surface area contributed by atoms with Gasteiger partial charge in [-0.3, -0.25) is 4.79 Å². The molecule has 0 bridgehead atoms. The molecule has 1 unspecified atom stereocenters. The summed E-state index contributed by atoms with van der Waals surface area (Å²) in [4.78, 5) is 10.6. The first-order valence-electron chi connectivity index (χ1n) is 5.64. The van der Waals surface area contributed by atoms with E-state index in [-0.39, 0.29) is 10.7 Å². The summed E-state index contributed by atoms with van der Waals surface area (Å²) in [5, 5.41) is 0. The van der Waals surface area contributed by atoms with E-state index in [9.17, 15) is 4.79 Å². The van der Waals surface area contributed by atoms with Gasteiger partial charge in [-0.2, -0.15) is 0 Å². The van der Waals surface area contributed by atoms with Gasteiger partial charge in [-0.15, -0.1) is 0 Å². The standard InChI is InChI=1S/C13H18BrNO/c1-2-3-4-10-5-7-11(8-6-10)9-12(14)13(15)16/h5-8,12H,2-4,9H2,1H3,(H2,15,16). The highest BCUT2D eigenvalue weighted by molar-refractivity contribution is 9.10. The smallest absolute Gasteiger partial charge is 0.231 e. The summed E-state index contributed by atoms with van der Waals surface area (Å²) in [5.74, 6) is -0.310. The molecule has 1 atom stereocenters. The van der Waals surface area contributed by atoms with Gasteiger partial charge in [-0.05, 0) is 30.4 Å². The highest BCUT2D eigenvalue weighted by Gasteiger charge is 2.10. The van der Waals surface area contributed by atoms with Crippen molar-refractivity contribution in [2.45, 2.75) is 37.4 Å². The maximum absolute atomic E-state index is 10.9. The summed E-state index contributed by atoms with van der Waals surface area (Å²) in [5.41, 5.74) is 7.69. The lowest BCUT2D eigenvalue weighted by Gasteiger charge is -2.06. The summed E-state index contributed by atoms with van der Waals surface area (Å²) >= 11 is 3.26. The molecule has 1 amide bonds. The Morgan fingerprint density at radius 3 is 2.38 bits per heavy atom. The van der Waals surface area contributed by atoms with Crippen molar-refractivity contribution in [3.8, 4) is 0 Å². The number of unbranched alkanes of at least 4 members (excludes halogenated alkanes) is 1. The Bertz CT molecular complexity index is 334. The fraction of sp³-hybridized carbons (Fsp3) is 0.462. The molecule has 2 N–H and O–H groups in total. The number of halogens is 1. The summed E-state index contributed by atoms with van der Waals surface area (Å²) in [7, 11) is 0. The molecule has 1 aromatic rings. The number of amides is 1. The van der Waals surface area contributed by atoms with Crippen LogP contribution < -0.4 is 5.73 Å². The Morgan fingerprint density at radius 1 is 1.31 bits per heavy atom. The van der Waals surface area contributed by atoms with Crippen LogP contribution in [0.4, 0.5) is 0 Å². The molecule has 0 aliphatic rings. The number of hydrogen-bond acceptors (Lipinski definition) is 1. The van der Waals surface area contributed by atoms with Gasteiger partial charge in [0.25, 0.3) is 0 Å². The minimum Gasteiger partial charge on any atom is -0.369 e. The van der Waals surface area contributed by atoms with Crippen LogP contribution in [0.5, 0.6) is 0 Å². The number of carbonyl (C=O) groups excluding carboxylic acids is 1. The van der Waals surface area contributed by atoms with E-state index in [2.05, 4.69) is 47.1 Å². The van der Waals surface area contributed by atoms with Crippen LogP contribution >= 0.6 is 15.9 Å². The highest BCUT2D eigenvalue weighted by Crippen LogP contribution is 2.12. The van der Waals surface area contributed by atoms with E-state index >= 15 is 0 Å². The predicted octanol–water partition coefficient (Wildman–Crippen LogP) is 2.82. The third kappa shape index (κ3) is 4.35. The molecule has 0 fully saturated rings. The first-order valence-corrected chi connectivity index (χ1v) is 6.56. The van der Waals surface area contributed by atoms with Gasteiger partial charge in [0.1, 0.15) is 0 Å². The van der Waals surface area contributed by atoms with Crippen molar-refractivity contribution in [2.75, 3.05) is 0 Å². The van der Waals surface area contributed by atoms with Crippen molar-refractivity contribution in [1.29, 1.82) is 0 Å². The van der Waals surface area contributed by atoms with Crippen LogP contribution in [0.1, 0.15) is 30.9 Å². The quantitative estimate of drug-likeness (QED) is 0.802. The van der Waals surface area contributed by atoms with E-state index in [0.29, 0.717) is 6.42 Å². The van der Waals surface area contributed by atoms with Crippen molar-refractivity contribution in [3.63, 3.8) is 0 Å². The van der Waals surface area contributed by atoms with E-state index in [1.54, 1.807) is 0 Å². The van der Waals surface area contributed by atoms with E-state index in [4.69, 9.17) is 5.73 Å². The van der Waals surface area contributed by atoms with E-state index in [1.165, 1.54) is 18.4 Å². The van der Waals surface area contributed by atoms with Crippen LogP contribution in [0.15, 0.2) is 24.3 Å². The second-order valence-corrected chi connectivity index (χ2v) is 5.10. The molecule has 0 saturated carbocycles. The number of primary amides is 1. The van der Waals surface area contributed by atoms with Crippen molar-refractivity contribution in [3.05, 3.63) is 35.4 Å². The molecule has 0 heterocycles. The van der Waals surface area contributed by atoms with Crippen LogP contribution in [-0.4, -0.2) is 10.7 Å². The lowest BCUT2D eigenvalue weighted by atomic mass is 10.0. The van der Waals surface area contributed by atoms with Crippen LogP contribution in [0.25, 0.3) is 0 Å². The third-order valence-electron chi connectivity index (χ3n) is 2.57. The number of rotatable bonds is 6. The van der Waals surface area contributed by atoms with Gasteiger partial charge in [-0.1, -0.05) is 53.5 Å². The van der Waals surface area contributed by atoms with E-state index < -0.39 is 0 Å². The van der Waals surface area contributed by atoms with Gasteiger partial charge in [0.05, 0.1) is 4.83 Å². The predicted molar refractivity (Wildman–Crippen MR) is 70.7 cm³/mol. The second-order valence-electron chi connectivity index (χ2n) is 3.99. The zero-order chi connectivity index (χ0) is 12.0. The lowest BCUT2D eigenvalue weighted by molar-refractivity contribution is -0.117. The molecule has 0 radical (unpaired) electrons. The number of aryl methyl sites for hydroxylation is 1. The summed E-state index contributed by atoms with van der Waals surface area (Å²) in [6, 6.07) is 8.40. The SMILES string of the molecule is CCCCc1ccc(CC(Br)C(N)=O)cc1. The first kappa shape index (κ1) is 13.2. The monoisotopic (exact) mass is 283 g/mol. The van der Waals surface area contributed by atoms with Crippen LogP contribution in [0, 0.1) is 0 Å². The topological polar surface area (TPSA) is 43.1 Å². The number of hydrogen-bond donors (Lipinski definition) is 1. The minimum absolute atomic E-state index is 0.269. The zero-order valence-electron chi connectivity index (χ0n) is 9.58. The largest absolute Gasteiger partial charge is 0.369 e. The lowest BCUT2D eigenvalue weighted by Crippen LogP contribution is -2.24. The van der Waals surface area contributed by atoms with Gasteiger partial charge in [0.15, 0.2) is 0 Å². The van der Waals surface area contributed by atoms with Gasteiger partial charge in [-0.25, -0.2) is 0 Å². The fourth-order valence-electron chi connectivity index (χ4n) is 1.53. The molecule has 2 nitrogen and oxygen atoms in total. The summed E-state index contributed by atoms with van der Waals surface area (Å²) in [6.45, 7) is 2.19. The van der Waals surface area contributed by atoms with Gasteiger partial charge in [0, 0.05) is 0 Å². The Hall–Kier alpha value is -0.830. The third-order valence-corrected chi connectivity index (χ3v) is 3.34. The first-order chi connectivity index (χ1) is 7.63. The zero-order valence-corrected chi connectivity index (χ0v) is 11.2. The minimum atomic E-state index is -0.310. The fourth-order valence-corrected chi connectivity index (χ4v) is 1.90. The molecular formula is C13H18BrNO. The highest BCUT2D eigenvalue weighted by atomic mass is 79.9. The van der Waals surface area contributed by atoms with Gasteiger partial charge < -0.3 is 5.73 Å². The van der Waals surface area contributed by atoms with E-state index in [0.717, 1.165) is 12.0 Å². The van der Waals surface area contributed by atoms with Crippen LogP contribution in [0.2, 0.25) is 0 Å². The molecule has 3 heteroatoms. The average Bonchev–Trinajstić information content (AvgIpc) is 2.28. The molecule has 0 aromatic heterocycles. The Kier molecular flexibility index (Phi) is 5.53. The Balaban J connectivity index is 2.54. The maximum Gasteiger partial charge on any atom is 0.231 e. The summed E-state index contributed by atoms with van der Waals surface area (Å²) < 4.78 is 0. The van der Waals surface area contributed by atoms with Gasteiger partial charge >= 0.3 is 0 Å². The second kappa shape index (κ2) is 6.69. The van der Waals surface area contributed by atoms with Gasteiger partial charge in [0.2, 0.25) is 5.91 Å². The molecule has 0 aliphatic carbocycles. The van der Waals surface area contributed by atoms with Crippen LogP contribution in [0.3, 0.4) is 0 Å². The van der Waals surface area contributed by atoms with E-state index in [1.807, 2.05) is 0 Å². The molecule has 0 aliphatic heterocycles. The molecular weight excluding hydrogens is 266 g/mol. The van der Waals surface area contributed by atoms with Crippen LogP contribution in [-0.2, 0) is 17.6 Å². The number of benzene rings is 1. The molecule has 1 aromatic carbocycles. The normalized spacial score (nSPS) is 12.4. The van der Waals surface area contributed by atoms with Crippen molar-refractivity contribution < 1.29 is 4.79 Å². The number of carbonyl (C=O) groups is 1.